The van der Waals surface area contributed by atoms with Gasteiger partial charge in [0.15, 0.2) is 0 Å². The van der Waals surface area contributed by atoms with E-state index < -0.39 is 24.2 Å². The lowest BCUT2D eigenvalue weighted by Gasteiger charge is -2.32. The number of aryl methyl sites for hydroxylation is 1. The fraction of sp³-hybridized carbons (Fsp3) is 0.529. The number of halogens is 4. The van der Waals surface area contributed by atoms with Crippen LogP contribution in [0.25, 0.3) is 0 Å². The second-order valence-electron chi connectivity index (χ2n) is 6.67. The molecule has 1 aliphatic rings. The van der Waals surface area contributed by atoms with E-state index in [1.165, 1.54) is 18.2 Å². The van der Waals surface area contributed by atoms with Gasteiger partial charge in [-0.05, 0) is 49.4 Å². The van der Waals surface area contributed by atoms with Crippen molar-refractivity contribution in [2.75, 3.05) is 0 Å². The number of alkyl halides is 3. The van der Waals surface area contributed by atoms with Crippen LogP contribution in [-0.2, 0) is 0 Å². The molecule has 1 atom stereocenters. The summed E-state index contributed by atoms with van der Waals surface area (Å²) in [4.78, 5) is 12.6. The molecule has 0 aromatic heterocycles. The number of benzene rings is 1. The molecule has 0 saturated carbocycles. The van der Waals surface area contributed by atoms with Crippen molar-refractivity contribution in [2.24, 2.45) is 11.0 Å². The first-order valence-corrected chi connectivity index (χ1v) is 8.29. The van der Waals surface area contributed by atoms with Gasteiger partial charge in [-0.25, -0.2) is 0 Å². The van der Waals surface area contributed by atoms with E-state index in [4.69, 9.17) is 11.6 Å². The SMILES string of the molecule is Cc1cc(C(=O)N2N=C(CCC(C)C)C[C@]2(O)C(F)(F)F)ccc1Cl. The highest BCUT2D eigenvalue weighted by Crippen LogP contribution is 2.41. The maximum Gasteiger partial charge on any atom is 0.438 e. The first kappa shape index (κ1) is 19.7. The summed E-state index contributed by atoms with van der Waals surface area (Å²) in [6, 6.07) is 4.12. The number of amides is 1. The van der Waals surface area contributed by atoms with Gasteiger partial charge in [0.05, 0.1) is 0 Å². The fourth-order valence-electron chi connectivity index (χ4n) is 2.55. The molecule has 8 heteroatoms. The highest BCUT2D eigenvalue weighted by Gasteiger charge is 2.63. The van der Waals surface area contributed by atoms with Gasteiger partial charge in [0.25, 0.3) is 11.6 Å². The fourth-order valence-corrected chi connectivity index (χ4v) is 2.66. The van der Waals surface area contributed by atoms with E-state index in [1.807, 2.05) is 13.8 Å². The summed E-state index contributed by atoms with van der Waals surface area (Å²) in [5.74, 6) is -0.746. The Kier molecular flexibility index (Phi) is 5.49. The molecule has 1 aromatic rings. The van der Waals surface area contributed by atoms with E-state index in [-0.39, 0.29) is 22.2 Å². The highest BCUT2D eigenvalue weighted by molar-refractivity contribution is 6.31. The Morgan fingerprint density at radius 2 is 2.08 bits per heavy atom. The van der Waals surface area contributed by atoms with Crippen LogP contribution in [0.2, 0.25) is 5.02 Å². The third kappa shape index (κ3) is 3.98. The molecule has 0 bridgehead atoms. The van der Waals surface area contributed by atoms with Gasteiger partial charge in [-0.1, -0.05) is 25.4 Å². The van der Waals surface area contributed by atoms with Gasteiger partial charge in [0, 0.05) is 22.7 Å². The van der Waals surface area contributed by atoms with Crippen LogP contribution in [0.3, 0.4) is 0 Å². The second-order valence-corrected chi connectivity index (χ2v) is 7.08. The van der Waals surface area contributed by atoms with E-state index in [0.29, 0.717) is 23.4 Å². The van der Waals surface area contributed by atoms with Crippen molar-refractivity contribution >= 4 is 23.2 Å². The molecule has 0 aliphatic carbocycles. The molecule has 4 nitrogen and oxygen atoms in total. The standard InChI is InChI=1S/C17H20ClF3N2O2/c1-10(2)4-6-13-9-16(25,17(19,20)21)23(22-13)15(24)12-5-7-14(18)11(3)8-12/h5,7-8,10,25H,4,6,9H2,1-3H3/t16-/m0/s1. The second kappa shape index (κ2) is 6.96. The minimum absolute atomic E-state index is 0.0153. The lowest BCUT2D eigenvalue weighted by atomic mass is 9.99. The summed E-state index contributed by atoms with van der Waals surface area (Å²) < 4.78 is 40.3. The number of rotatable bonds is 4. The highest BCUT2D eigenvalue weighted by atomic mass is 35.5. The zero-order valence-electron chi connectivity index (χ0n) is 14.2. The number of hydrogen-bond donors (Lipinski definition) is 1. The Hall–Kier alpha value is -1.60. The molecule has 0 fully saturated rings. The first-order valence-electron chi connectivity index (χ1n) is 7.92. The average Bonchev–Trinajstić information content (AvgIpc) is 2.85. The minimum Gasteiger partial charge on any atom is -0.362 e. The van der Waals surface area contributed by atoms with Gasteiger partial charge >= 0.3 is 6.18 Å². The number of hydrogen-bond acceptors (Lipinski definition) is 3. The average molecular weight is 377 g/mol. The van der Waals surface area contributed by atoms with E-state index in [2.05, 4.69) is 5.10 Å². The van der Waals surface area contributed by atoms with Crippen LogP contribution in [0, 0.1) is 12.8 Å². The number of nitrogens with zero attached hydrogens (tertiary/aromatic N) is 2. The number of hydrazone groups is 1. The molecule has 2 rings (SSSR count). The molecule has 1 heterocycles. The Bertz CT molecular complexity index is 704. The third-order valence-corrected chi connectivity index (χ3v) is 4.53. The van der Waals surface area contributed by atoms with Crippen molar-refractivity contribution in [3.8, 4) is 0 Å². The summed E-state index contributed by atoms with van der Waals surface area (Å²) in [6.45, 7) is 5.51. The van der Waals surface area contributed by atoms with E-state index in [0.717, 1.165) is 0 Å². The zero-order chi connectivity index (χ0) is 19.0. The Morgan fingerprint density at radius 1 is 1.44 bits per heavy atom. The monoisotopic (exact) mass is 376 g/mol. The quantitative estimate of drug-likeness (QED) is 0.838. The van der Waals surface area contributed by atoms with Crippen molar-refractivity contribution in [3.05, 3.63) is 34.3 Å². The van der Waals surface area contributed by atoms with Gasteiger partial charge in [-0.15, -0.1) is 0 Å². The van der Waals surface area contributed by atoms with Crippen LogP contribution in [-0.4, -0.2) is 33.6 Å². The van der Waals surface area contributed by atoms with Crippen molar-refractivity contribution in [1.29, 1.82) is 0 Å². The molecule has 1 aliphatic heterocycles. The van der Waals surface area contributed by atoms with Crippen LogP contribution in [0.5, 0.6) is 0 Å². The minimum atomic E-state index is -5.02. The number of aliphatic hydroxyl groups is 1. The van der Waals surface area contributed by atoms with Crippen molar-refractivity contribution in [1.82, 2.24) is 5.01 Å². The molecule has 25 heavy (non-hydrogen) atoms. The molecular formula is C17H20ClF3N2O2. The first-order chi connectivity index (χ1) is 11.5. The maximum absolute atomic E-state index is 13.4. The summed E-state index contributed by atoms with van der Waals surface area (Å²) in [5, 5.41) is 14.6. The largest absolute Gasteiger partial charge is 0.438 e. The predicted molar refractivity (Wildman–Crippen MR) is 89.5 cm³/mol. The zero-order valence-corrected chi connectivity index (χ0v) is 14.9. The topological polar surface area (TPSA) is 52.9 Å². The third-order valence-electron chi connectivity index (χ3n) is 4.10. The van der Waals surface area contributed by atoms with Crippen LogP contribution in [0.4, 0.5) is 13.2 Å². The summed E-state index contributed by atoms with van der Waals surface area (Å²) in [7, 11) is 0. The maximum atomic E-state index is 13.4. The lowest BCUT2D eigenvalue weighted by molar-refractivity contribution is -0.297. The molecule has 0 radical (unpaired) electrons. The molecule has 1 amide bonds. The Labute approximate surface area is 149 Å². The molecule has 0 saturated heterocycles. The predicted octanol–water partition coefficient (Wildman–Crippen LogP) is 4.54. The molecule has 0 unspecified atom stereocenters. The Balaban J connectivity index is 2.37. The molecular weight excluding hydrogens is 357 g/mol. The Morgan fingerprint density at radius 3 is 2.60 bits per heavy atom. The van der Waals surface area contributed by atoms with Crippen molar-refractivity contribution in [2.45, 2.75) is 51.9 Å². The summed E-state index contributed by atoms with van der Waals surface area (Å²) in [6.07, 6.45) is -4.84. The van der Waals surface area contributed by atoms with Crippen LogP contribution in [0.15, 0.2) is 23.3 Å². The molecule has 1 aromatic carbocycles. The van der Waals surface area contributed by atoms with E-state index in [9.17, 15) is 23.1 Å². The molecule has 1 N–H and O–H groups in total. The van der Waals surface area contributed by atoms with Crippen LogP contribution in [0.1, 0.15) is 49.0 Å². The number of carbonyl (C=O) groups excluding carboxylic acids is 1. The lowest BCUT2D eigenvalue weighted by Crippen LogP contribution is -2.56. The molecule has 0 spiro atoms. The normalized spacial score (nSPS) is 21.0. The van der Waals surface area contributed by atoms with Crippen LogP contribution >= 0.6 is 11.6 Å². The van der Waals surface area contributed by atoms with E-state index in [1.54, 1.807) is 6.92 Å². The summed E-state index contributed by atoms with van der Waals surface area (Å²) in [5.41, 5.74) is -2.64. The van der Waals surface area contributed by atoms with Gasteiger partial charge in [-0.3, -0.25) is 4.79 Å². The van der Waals surface area contributed by atoms with Crippen molar-refractivity contribution < 1.29 is 23.1 Å². The van der Waals surface area contributed by atoms with E-state index >= 15 is 0 Å². The van der Waals surface area contributed by atoms with Gasteiger partial charge in [0.1, 0.15) is 0 Å². The number of carbonyl (C=O) groups is 1. The smallest absolute Gasteiger partial charge is 0.362 e. The van der Waals surface area contributed by atoms with Gasteiger partial charge < -0.3 is 5.11 Å². The van der Waals surface area contributed by atoms with Crippen molar-refractivity contribution in [3.63, 3.8) is 0 Å². The van der Waals surface area contributed by atoms with Gasteiger partial charge in [0.2, 0.25) is 0 Å². The summed E-state index contributed by atoms with van der Waals surface area (Å²) >= 11 is 5.89. The molecule has 138 valence electrons. The van der Waals surface area contributed by atoms with Gasteiger partial charge in [-0.2, -0.15) is 23.3 Å². The van der Waals surface area contributed by atoms with Crippen LogP contribution < -0.4 is 0 Å².